The van der Waals surface area contributed by atoms with Crippen LogP contribution in [-0.2, 0) is 6.54 Å². The van der Waals surface area contributed by atoms with Gasteiger partial charge in [0, 0.05) is 6.54 Å². The number of aromatic amines is 1. The average molecular weight is 283 g/mol. The van der Waals surface area contributed by atoms with E-state index in [0.717, 1.165) is 39.5 Å². The SMILES string of the molecule is COc1ccc(OC)c(-c2nc3c(CN)cccc3[nH]2)c1. The summed E-state index contributed by atoms with van der Waals surface area (Å²) in [6.45, 7) is 0.455. The lowest BCUT2D eigenvalue weighted by atomic mass is 10.2. The standard InChI is InChI=1S/C16H17N3O2/c1-20-11-6-7-14(21-2)12(8-11)16-18-13-5-3-4-10(9-17)15(13)19-16/h3-8H,9,17H2,1-2H3,(H,18,19). The molecule has 5 nitrogen and oxygen atoms in total. The molecule has 108 valence electrons. The quantitative estimate of drug-likeness (QED) is 0.772. The van der Waals surface area contributed by atoms with Crippen LogP contribution in [0.1, 0.15) is 5.56 Å². The molecule has 5 heteroatoms. The van der Waals surface area contributed by atoms with E-state index >= 15 is 0 Å². The van der Waals surface area contributed by atoms with Crippen molar-refractivity contribution in [2.45, 2.75) is 6.54 Å². The number of H-pyrrole nitrogens is 1. The highest BCUT2D eigenvalue weighted by Crippen LogP contribution is 2.33. The fraction of sp³-hybridized carbons (Fsp3) is 0.188. The third-order valence-corrected chi connectivity index (χ3v) is 3.48. The number of benzene rings is 2. The van der Waals surface area contributed by atoms with Crippen LogP contribution in [0.4, 0.5) is 0 Å². The normalized spacial score (nSPS) is 10.8. The minimum Gasteiger partial charge on any atom is -0.497 e. The molecule has 1 aromatic heterocycles. The summed E-state index contributed by atoms with van der Waals surface area (Å²) in [4.78, 5) is 7.98. The summed E-state index contributed by atoms with van der Waals surface area (Å²) in [7, 11) is 3.27. The first-order valence-electron chi connectivity index (χ1n) is 6.67. The van der Waals surface area contributed by atoms with E-state index in [1.807, 2.05) is 36.4 Å². The summed E-state index contributed by atoms with van der Waals surface area (Å²) >= 11 is 0. The van der Waals surface area contributed by atoms with E-state index in [4.69, 9.17) is 15.2 Å². The number of ether oxygens (including phenoxy) is 2. The van der Waals surface area contributed by atoms with E-state index in [0.29, 0.717) is 6.54 Å². The Labute approximate surface area is 122 Å². The molecule has 0 aliphatic carbocycles. The van der Waals surface area contributed by atoms with Gasteiger partial charge in [0.1, 0.15) is 17.3 Å². The van der Waals surface area contributed by atoms with Crippen molar-refractivity contribution in [3.63, 3.8) is 0 Å². The highest BCUT2D eigenvalue weighted by atomic mass is 16.5. The van der Waals surface area contributed by atoms with E-state index in [1.165, 1.54) is 0 Å². The van der Waals surface area contributed by atoms with Crippen molar-refractivity contribution in [3.05, 3.63) is 42.0 Å². The molecule has 0 aliphatic heterocycles. The van der Waals surface area contributed by atoms with E-state index in [-0.39, 0.29) is 0 Å². The molecule has 2 aromatic carbocycles. The maximum Gasteiger partial charge on any atom is 0.142 e. The van der Waals surface area contributed by atoms with Gasteiger partial charge in [0.15, 0.2) is 0 Å². The molecule has 0 saturated carbocycles. The smallest absolute Gasteiger partial charge is 0.142 e. The second-order valence-electron chi connectivity index (χ2n) is 4.67. The van der Waals surface area contributed by atoms with Gasteiger partial charge in [0.05, 0.1) is 30.8 Å². The Kier molecular flexibility index (Phi) is 3.50. The van der Waals surface area contributed by atoms with Gasteiger partial charge < -0.3 is 20.2 Å². The third-order valence-electron chi connectivity index (χ3n) is 3.48. The Balaban J connectivity index is 2.20. The van der Waals surface area contributed by atoms with Crippen molar-refractivity contribution in [2.75, 3.05) is 14.2 Å². The second-order valence-corrected chi connectivity index (χ2v) is 4.67. The van der Waals surface area contributed by atoms with Crippen LogP contribution in [0.3, 0.4) is 0 Å². The summed E-state index contributed by atoms with van der Waals surface area (Å²) < 4.78 is 10.7. The predicted octanol–water partition coefficient (Wildman–Crippen LogP) is 2.71. The van der Waals surface area contributed by atoms with Crippen LogP contribution in [-0.4, -0.2) is 24.2 Å². The zero-order chi connectivity index (χ0) is 14.8. The number of hydrogen-bond acceptors (Lipinski definition) is 4. The van der Waals surface area contributed by atoms with Gasteiger partial charge in [0.2, 0.25) is 0 Å². The van der Waals surface area contributed by atoms with Crippen molar-refractivity contribution in [2.24, 2.45) is 5.73 Å². The predicted molar refractivity (Wildman–Crippen MR) is 82.5 cm³/mol. The highest BCUT2D eigenvalue weighted by molar-refractivity contribution is 5.83. The first-order chi connectivity index (χ1) is 10.3. The Hall–Kier alpha value is -2.53. The molecule has 0 bridgehead atoms. The summed E-state index contributed by atoms with van der Waals surface area (Å²) in [6.07, 6.45) is 0. The molecule has 0 amide bonds. The van der Waals surface area contributed by atoms with Crippen LogP contribution >= 0.6 is 0 Å². The zero-order valence-electron chi connectivity index (χ0n) is 12.0. The lowest BCUT2D eigenvalue weighted by Gasteiger charge is -2.08. The Morgan fingerprint density at radius 2 is 2.00 bits per heavy atom. The van der Waals surface area contributed by atoms with Gasteiger partial charge in [-0.3, -0.25) is 0 Å². The molecule has 1 heterocycles. The lowest BCUT2D eigenvalue weighted by Crippen LogP contribution is -1.96. The number of rotatable bonds is 4. The molecule has 21 heavy (non-hydrogen) atoms. The van der Waals surface area contributed by atoms with Crippen LogP contribution < -0.4 is 15.2 Å². The summed E-state index contributed by atoms with van der Waals surface area (Å²) in [5.74, 6) is 2.23. The number of imidazole rings is 1. The Bertz CT molecular complexity index is 780. The largest absolute Gasteiger partial charge is 0.497 e. The molecule has 0 fully saturated rings. The molecule has 3 N–H and O–H groups in total. The third kappa shape index (κ3) is 2.32. The molecule has 0 aliphatic rings. The van der Waals surface area contributed by atoms with Crippen molar-refractivity contribution in [3.8, 4) is 22.9 Å². The van der Waals surface area contributed by atoms with Gasteiger partial charge in [-0.25, -0.2) is 4.98 Å². The van der Waals surface area contributed by atoms with Crippen molar-refractivity contribution >= 4 is 11.0 Å². The number of nitrogens with two attached hydrogens (primary N) is 1. The number of methoxy groups -OCH3 is 2. The monoisotopic (exact) mass is 283 g/mol. The van der Waals surface area contributed by atoms with Gasteiger partial charge >= 0.3 is 0 Å². The molecule has 3 rings (SSSR count). The van der Waals surface area contributed by atoms with Gasteiger partial charge in [-0.2, -0.15) is 0 Å². The minimum absolute atomic E-state index is 0.455. The first-order valence-corrected chi connectivity index (χ1v) is 6.67. The van der Waals surface area contributed by atoms with Crippen LogP contribution in [0, 0.1) is 0 Å². The van der Waals surface area contributed by atoms with Crippen molar-refractivity contribution in [1.29, 1.82) is 0 Å². The minimum atomic E-state index is 0.455. The van der Waals surface area contributed by atoms with E-state index < -0.39 is 0 Å². The Morgan fingerprint density at radius 3 is 2.71 bits per heavy atom. The average Bonchev–Trinajstić information content (AvgIpc) is 2.98. The fourth-order valence-electron chi connectivity index (χ4n) is 2.38. The molecule has 0 unspecified atom stereocenters. The number of para-hydroxylation sites is 1. The molecular weight excluding hydrogens is 266 g/mol. The maximum atomic E-state index is 5.77. The zero-order valence-corrected chi connectivity index (χ0v) is 12.0. The van der Waals surface area contributed by atoms with Gasteiger partial charge in [-0.1, -0.05) is 12.1 Å². The van der Waals surface area contributed by atoms with Crippen LogP contribution in [0.25, 0.3) is 22.4 Å². The molecule has 0 spiro atoms. The van der Waals surface area contributed by atoms with Gasteiger partial charge in [0.25, 0.3) is 0 Å². The van der Waals surface area contributed by atoms with E-state index in [1.54, 1.807) is 14.2 Å². The number of aromatic nitrogens is 2. The number of fused-ring (bicyclic) bond motifs is 1. The molecule has 0 atom stereocenters. The highest BCUT2D eigenvalue weighted by Gasteiger charge is 2.13. The van der Waals surface area contributed by atoms with E-state index in [2.05, 4.69) is 9.97 Å². The van der Waals surface area contributed by atoms with Crippen LogP contribution in [0.5, 0.6) is 11.5 Å². The summed E-state index contributed by atoms with van der Waals surface area (Å²) in [5, 5.41) is 0. The van der Waals surface area contributed by atoms with Gasteiger partial charge in [-0.05, 0) is 29.8 Å². The van der Waals surface area contributed by atoms with Crippen LogP contribution in [0.2, 0.25) is 0 Å². The topological polar surface area (TPSA) is 73.2 Å². The second kappa shape index (κ2) is 5.46. The summed E-state index contributed by atoms with van der Waals surface area (Å²) in [6, 6.07) is 11.6. The van der Waals surface area contributed by atoms with Crippen molar-refractivity contribution in [1.82, 2.24) is 9.97 Å². The van der Waals surface area contributed by atoms with Crippen LogP contribution in [0.15, 0.2) is 36.4 Å². The lowest BCUT2D eigenvalue weighted by molar-refractivity contribution is 0.404. The fourth-order valence-corrected chi connectivity index (χ4v) is 2.38. The Morgan fingerprint density at radius 1 is 1.14 bits per heavy atom. The maximum absolute atomic E-state index is 5.77. The number of nitrogens with one attached hydrogen (secondary N) is 1. The van der Waals surface area contributed by atoms with Crippen molar-refractivity contribution < 1.29 is 9.47 Å². The number of nitrogens with zero attached hydrogens (tertiary/aromatic N) is 1. The molecule has 0 saturated heterocycles. The summed E-state index contributed by atoms with van der Waals surface area (Å²) in [5.41, 5.74) is 9.48. The van der Waals surface area contributed by atoms with E-state index in [9.17, 15) is 0 Å². The molecule has 0 radical (unpaired) electrons. The first kappa shape index (κ1) is 13.5. The van der Waals surface area contributed by atoms with Gasteiger partial charge in [-0.15, -0.1) is 0 Å². The number of hydrogen-bond donors (Lipinski definition) is 2. The molecular formula is C16H17N3O2. The molecule has 3 aromatic rings.